The molecule has 0 aliphatic heterocycles. The molecule has 7 nitrogen and oxygen atoms in total. The fourth-order valence-electron chi connectivity index (χ4n) is 2.51. The second kappa shape index (κ2) is 5.43. The van der Waals surface area contributed by atoms with Crippen LogP contribution in [0.4, 0.5) is 6.01 Å². The number of aromatic amines is 1. The van der Waals surface area contributed by atoms with E-state index in [0.717, 1.165) is 16.6 Å². The van der Waals surface area contributed by atoms with E-state index in [1.54, 1.807) is 17.5 Å². The van der Waals surface area contributed by atoms with Crippen LogP contribution in [0.3, 0.4) is 0 Å². The molecule has 0 amide bonds. The minimum Gasteiger partial charge on any atom is -0.402 e. The first kappa shape index (κ1) is 14.9. The van der Waals surface area contributed by atoms with Gasteiger partial charge in [-0.2, -0.15) is 0 Å². The number of nitrogens with two attached hydrogens (primary N) is 1. The van der Waals surface area contributed by atoms with E-state index in [1.165, 1.54) is 11.3 Å². The van der Waals surface area contributed by atoms with E-state index in [4.69, 9.17) is 21.8 Å². The van der Waals surface area contributed by atoms with Crippen LogP contribution in [0.25, 0.3) is 22.5 Å². The van der Waals surface area contributed by atoms with Crippen LogP contribution in [-0.2, 0) is 0 Å². The van der Waals surface area contributed by atoms with Crippen molar-refractivity contribution in [1.29, 1.82) is 0 Å². The van der Waals surface area contributed by atoms with Crippen molar-refractivity contribution in [3.63, 3.8) is 0 Å². The fourth-order valence-corrected chi connectivity index (χ4v) is 3.42. The molecule has 0 aliphatic rings. The number of carbonyl (C=O) groups excluding carboxylic acids is 1. The summed E-state index contributed by atoms with van der Waals surface area (Å²) >= 11 is 7.26. The second-order valence-corrected chi connectivity index (χ2v) is 6.42. The van der Waals surface area contributed by atoms with Crippen LogP contribution in [0.5, 0.6) is 0 Å². The lowest BCUT2D eigenvalue weighted by atomic mass is 10.1. The number of nitrogens with one attached hydrogen (secondary N) is 1. The normalized spacial score (nSPS) is 11.2. The Balaban J connectivity index is 1.78. The molecule has 0 spiro atoms. The van der Waals surface area contributed by atoms with E-state index >= 15 is 0 Å². The first-order chi connectivity index (χ1) is 11.5. The maximum Gasteiger partial charge on any atom is 0.313 e. The van der Waals surface area contributed by atoms with Gasteiger partial charge in [-0.05, 0) is 25.1 Å². The molecule has 0 aliphatic carbocycles. The molecule has 0 unspecified atom stereocenters. The summed E-state index contributed by atoms with van der Waals surface area (Å²) in [5.41, 5.74) is 7.99. The third-order valence-corrected chi connectivity index (χ3v) is 4.61. The summed E-state index contributed by atoms with van der Waals surface area (Å²) in [6, 6.07) is 5.33. The molecule has 3 N–H and O–H groups in total. The molecule has 4 aromatic rings. The molecule has 0 radical (unpaired) electrons. The number of thiazole rings is 1. The number of fused-ring (bicyclic) bond motifs is 1. The van der Waals surface area contributed by atoms with Gasteiger partial charge in [-0.3, -0.25) is 4.79 Å². The third-order valence-electron chi connectivity index (χ3n) is 3.53. The molecule has 0 fully saturated rings. The molecule has 0 saturated heterocycles. The quantitative estimate of drug-likeness (QED) is 0.542. The number of hydrogen-bond acceptors (Lipinski definition) is 7. The molecular weight excluding hydrogens is 350 g/mol. The number of hydrogen-bond donors (Lipinski definition) is 2. The van der Waals surface area contributed by atoms with Crippen molar-refractivity contribution in [2.45, 2.75) is 6.92 Å². The van der Waals surface area contributed by atoms with Gasteiger partial charge in [0.15, 0.2) is 5.01 Å². The Morgan fingerprint density at radius 2 is 2.21 bits per heavy atom. The molecule has 0 atom stereocenters. The summed E-state index contributed by atoms with van der Waals surface area (Å²) in [4.78, 5) is 20.4. The van der Waals surface area contributed by atoms with Crippen molar-refractivity contribution in [3.05, 3.63) is 44.9 Å². The van der Waals surface area contributed by atoms with Crippen LogP contribution in [-0.4, -0.2) is 25.9 Å². The average Bonchev–Trinajstić information content (AvgIpc) is 3.24. The van der Waals surface area contributed by atoms with Gasteiger partial charge in [-0.15, -0.1) is 16.4 Å². The Labute approximate surface area is 144 Å². The van der Waals surface area contributed by atoms with Crippen molar-refractivity contribution in [1.82, 2.24) is 20.2 Å². The molecule has 9 heteroatoms. The molecule has 24 heavy (non-hydrogen) atoms. The van der Waals surface area contributed by atoms with E-state index in [0.29, 0.717) is 21.3 Å². The summed E-state index contributed by atoms with van der Waals surface area (Å²) in [6.45, 7) is 1.84. The molecule has 1 aromatic carbocycles. The Hall–Kier alpha value is -2.71. The van der Waals surface area contributed by atoms with Crippen LogP contribution in [0.1, 0.15) is 21.1 Å². The molecule has 4 rings (SSSR count). The zero-order chi connectivity index (χ0) is 16.8. The largest absolute Gasteiger partial charge is 0.402 e. The highest BCUT2D eigenvalue weighted by Crippen LogP contribution is 2.29. The lowest BCUT2D eigenvalue weighted by Crippen LogP contribution is -2.02. The van der Waals surface area contributed by atoms with Crippen molar-refractivity contribution in [2.75, 3.05) is 5.73 Å². The number of carbonyl (C=O) groups is 1. The molecule has 3 aromatic heterocycles. The van der Waals surface area contributed by atoms with Crippen LogP contribution < -0.4 is 5.73 Å². The number of aromatic nitrogens is 4. The summed E-state index contributed by atoms with van der Waals surface area (Å²) in [7, 11) is 0. The maximum absolute atomic E-state index is 12.9. The Morgan fingerprint density at radius 1 is 1.38 bits per heavy atom. The van der Waals surface area contributed by atoms with E-state index in [2.05, 4.69) is 20.2 Å². The first-order valence-electron chi connectivity index (χ1n) is 6.90. The number of nitrogens with zero attached hydrogens (tertiary/aromatic N) is 3. The number of ketones is 1. The van der Waals surface area contributed by atoms with E-state index in [1.807, 2.05) is 13.0 Å². The highest BCUT2D eigenvalue weighted by Gasteiger charge is 2.22. The van der Waals surface area contributed by atoms with Crippen LogP contribution in [0.15, 0.2) is 28.0 Å². The van der Waals surface area contributed by atoms with Gasteiger partial charge in [0.25, 0.3) is 5.89 Å². The van der Waals surface area contributed by atoms with Gasteiger partial charge in [0.05, 0.1) is 5.56 Å². The summed E-state index contributed by atoms with van der Waals surface area (Å²) in [5, 5.41) is 10.7. The summed E-state index contributed by atoms with van der Waals surface area (Å²) in [6.07, 6.45) is 0. The minimum atomic E-state index is -0.190. The zero-order valence-electron chi connectivity index (χ0n) is 12.3. The number of aryl methyl sites for hydroxylation is 1. The molecular formula is C15H10ClN5O2S. The number of anilines is 1. The van der Waals surface area contributed by atoms with Crippen molar-refractivity contribution < 1.29 is 9.21 Å². The van der Waals surface area contributed by atoms with Gasteiger partial charge >= 0.3 is 6.01 Å². The van der Waals surface area contributed by atoms with Gasteiger partial charge in [-0.25, -0.2) is 4.98 Å². The van der Waals surface area contributed by atoms with E-state index < -0.39 is 0 Å². The minimum absolute atomic E-state index is 0.0482. The SMILES string of the molecule is Cc1[nH]c2ccc(Cl)cc2c1C(=O)c1nc(-c2nnc(N)o2)cs1. The molecule has 0 saturated carbocycles. The smallest absolute Gasteiger partial charge is 0.313 e. The highest BCUT2D eigenvalue weighted by atomic mass is 35.5. The van der Waals surface area contributed by atoms with Crippen molar-refractivity contribution in [2.24, 2.45) is 0 Å². The summed E-state index contributed by atoms with van der Waals surface area (Å²) in [5.74, 6) is -0.00810. The number of H-pyrrole nitrogens is 1. The van der Waals surface area contributed by atoms with Crippen molar-refractivity contribution >= 4 is 45.6 Å². The third kappa shape index (κ3) is 2.36. The maximum atomic E-state index is 12.9. The molecule has 0 bridgehead atoms. The predicted molar refractivity (Wildman–Crippen MR) is 91.3 cm³/mol. The zero-order valence-corrected chi connectivity index (χ0v) is 13.9. The number of nitrogen functional groups attached to an aromatic ring is 1. The van der Waals surface area contributed by atoms with Crippen molar-refractivity contribution in [3.8, 4) is 11.6 Å². The Bertz CT molecular complexity index is 1080. The lowest BCUT2D eigenvalue weighted by molar-refractivity contribution is 0.103. The van der Waals surface area contributed by atoms with Crippen LogP contribution >= 0.6 is 22.9 Å². The second-order valence-electron chi connectivity index (χ2n) is 5.13. The Morgan fingerprint density at radius 3 is 2.96 bits per heavy atom. The average molecular weight is 360 g/mol. The molecule has 3 heterocycles. The van der Waals surface area contributed by atoms with Gasteiger partial charge in [0, 0.05) is 27.0 Å². The van der Waals surface area contributed by atoms with E-state index in [-0.39, 0.29) is 17.7 Å². The van der Waals surface area contributed by atoms with E-state index in [9.17, 15) is 4.79 Å². The number of benzene rings is 1. The monoisotopic (exact) mass is 359 g/mol. The molecule has 120 valence electrons. The van der Waals surface area contributed by atoms with Gasteiger partial charge < -0.3 is 15.1 Å². The van der Waals surface area contributed by atoms with Crippen LogP contribution in [0, 0.1) is 6.92 Å². The topological polar surface area (TPSA) is 111 Å². The number of halogens is 1. The highest BCUT2D eigenvalue weighted by molar-refractivity contribution is 7.12. The predicted octanol–water partition coefficient (Wildman–Crippen LogP) is 3.45. The standard InChI is InChI=1S/C15H10ClN5O2S/c1-6-11(8-4-7(16)2-3-9(8)18-6)12(22)14-19-10(5-24-14)13-20-21-15(17)23-13/h2-5,18H,1H3,(H2,17,21). The van der Waals surface area contributed by atoms with Gasteiger partial charge in [0.2, 0.25) is 5.78 Å². The number of rotatable bonds is 3. The van der Waals surface area contributed by atoms with Gasteiger partial charge in [-0.1, -0.05) is 16.7 Å². The van der Waals surface area contributed by atoms with Gasteiger partial charge in [0.1, 0.15) is 5.69 Å². The lowest BCUT2D eigenvalue weighted by Gasteiger charge is -1.98. The Kier molecular flexibility index (Phi) is 3.36. The van der Waals surface area contributed by atoms with Crippen LogP contribution in [0.2, 0.25) is 5.02 Å². The first-order valence-corrected chi connectivity index (χ1v) is 8.16. The summed E-state index contributed by atoms with van der Waals surface area (Å²) < 4.78 is 5.13. The fraction of sp³-hybridized carbons (Fsp3) is 0.0667.